The summed E-state index contributed by atoms with van der Waals surface area (Å²) in [6, 6.07) is 1.45. The summed E-state index contributed by atoms with van der Waals surface area (Å²) in [6.07, 6.45) is 2.59. The number of hydrogen-bond donors (Lipinski definition) is 2. The highest BCUT2D eigenvalue weighted by Crippen LogP contribution is 2.33. The van der Waals surface area contributed by atoms with Gasteiger partial charge in [-0.2, -0.15) is 0 Å². The summed E-state index contributed by atoms with van der Waals surface area (Å²) in [5.74, 6) is -1.81. The predicted octanol–water partition coefficient (Wildman–Crippen LogP) is 3.03. The Kier molecular flexibility index (Phi) is 4.44. The molecule has 0 aliphatic heterocycles. The van der Waals surface area contributed by atoms with Gasteiger partial charge < -0.3 is 11.1 Å². The quantitative estimate of drug-likeness (QED) is 0.560. The lowest BCUT2D eigenvalue weighted by Crippen LogP contribution is -2.29. The van der Waals surface area contributed by atoms with Crippen LogP contribution in [-0.2, 0) is 4.79 Å². The topological polar surface area (TPSA) is 72.2 Å². The average Bonchev–Trinajstić information content (AvgIpc) is 2.27. The Hall–Kier alpha value is -0.700. The van der Waals surface area contributed by atoms with Gasteiger partial charge in [0, 0.05) is 9.49 Å². The van der Waals surface area contributed by atoms with Gasteiger partial charge in [-0.05, 0) is 57.4 Å². The third kappa shape index (κ3) is 2.91. The summed E-state index contributed by atoms with van der Waals surface area (Å²) in [5.41, 5.74) is 5.07. The molecule has 0 bridgehead atoms. The van der Waals surface area contributed by atoms with Crippen LogP contribution < -0.4 is 11.1 Å². The number of carbonyl (C=O) groups is 2. The molecule has 0 heterocycles. The Bertz CT molecular complexity index is 561. The third-order valence-electron chi connectivity index (χ3n) is 3.15. The van der Waals surface area contributed by atoms with E-state index in [9.17, 15) is 14.0 Å². The highest BCUT2D eigenvalue weighted by atomic mass is 127. The Morgan fingerprint density at radius 3 is 2.58 bits per heavy atom. The van der Waals surface area contributed by atoms with Gasteiger partial charge in [0.05, 0.1) is 15.7 Å². The lowest BCUT2D eigenvalue weighted by atomic mass is 9.84. The number of benzene rings is 1. The van der Waals surface area contributed by atoms with E-state index in [4.69, 9.17) is 5.73 Å². The highest BCUT2D eigenvalue weighted by molar-refractivity contribution is 14.1. The predicted molar refractivity (Wildman–Crippen MR) is 81.3 cm³/mol. The van der Waals surface area contributed by atoms with E-state index in [1.165, 1.54) is 6.07 Å². The second-order valence-electron chi connectivity index (χ2n) is 4.39. The second-order valence-corrected chi connectivity index (χ2v) is 6.35. The van der Waals surface area contributed by atoms with E-state index in [-0.39, 0.29) is 27.5 Å². The maximum Gasteiger partial charge on any atom is 0.250 e. The van der Waals surface area contributed by atoms with Gasteiger partial charge in [0.25, 0.3) is 5.91 Å². The van der Waals surface area contributed by atoms with Crippen molar-refractivity contribution in [1.82, 2.24) is 0 Å². The normalized spacial score (nSPS) is 14.9. The number of carbonyl (C=O) groups excluding carboxylic acids is 2. The Labute approximate surface area is 131 Å². The first kappa shape index (κ1) is 14.7. The number of nitrogens with two attached hydrogens (primary N) is 1. The fourth-order valence-corrected chi connectivity index (χ4v) is 2.67. The van der Waals surface area contributed by atoms with Gasteiger partial charge in [0.15, 0.2) is 5.82 Å². The maximum atomic E-state index is 14.2. The van der Waals surface area contributed by atoms with Crippen LogP contribution in [0.3, 0.4) is 0 Å². The molecular weight excluding hydrogens is 430 g/mol. The van der Waals surface area contributed by atoms with Gasteiger partial charge in [-0.15, -0.1) is 0 Å². The third-order valence-corrected chi connectivity index (χ3v) is 5.52. The van der Waals surface area contributed by atoms with Crippen LogP contribution in [0.25, 0.3) is 0 Å². The van der Waals surface area contributed by atoms with Crippen LogP contribution in [0, 0.1) is 15.3 Å². The molecular formula is C12H11BrFIN2O2. The van der Waals surface area contributed by atoms with E-state index in [2.05, 4.69) is 21.2 Å². The fourth-order valence-electron chi connectivity index (χ4n) is 1.81. The molecule has 1 aliphatic carbocycles. The molecule has 7 heteroatoms. The smallest absolute Gasteiger partial charge is 0.250 e. The molecule has 4 nitrogen and oxygen atoms in total. The number of rotatable bonds is 3. The SMILES string of the molecule is NC(=O)c1cc(I)c(Br)c(F)c1NC(=O)C1CCC1. The average molecular weight is 441 g/mol. The van der Waals surface area contributed by atoms with E-state index in [0.29, 0.717) is 3.57 Å². The van der Waals surface area contributed by atoms with Gasteiger partial charge >= 0.3 is 0 Å². The number of amides is 2. The Morgan fingerprint density at radius 2 is 2.11 bits per heavy atom. The number of anilines is 1. The molecule has 0 unspecified atom stereocenters. The van der Waals surface area contributed by atoms with Gasteiger partial charge in [0.1, 0.15) is 0 Å². The number of nitrogens with one attached hydrogen (secondary N) is 1. The summed E-state index contributed by atoms with van der Waals surface area (Å²) in [7, 11) is 0. The summed E-state index contributed by atoms with van der Waals surface area (Å²) >= 11 is 4.97. The van der Waals surface area contributed by atoms with Gasteiger partial charge in [-0.3, -0.25) is 9.59 Å². The molecule has 0 atom stereocenters. The molecule has 0 radical (unpaired) electrons. The Balaban J connectivity index is 2.39. The van der Waals surface area contributed by atoms with E-state index < -0.39 is 11.7 Å². The number of halogens is 3. The van der Waals surface area contributed by atoms with Crippen molar-refractivity contribution < 1.29 is 14.0 Å². The van der Waals surface area contributed by atoms with Crippen LogP contribution in [0.5, 0.6) is 0 Å². The minimum atomic E-state index is -0.770. The van der Waals surface area contributed by atoms with Gasteiger partial charge in [-0.1, -0.05) is 6.42 Å². The first-order valence-electron chi connectivity index (χ1n) is 5.70. The molecule has 0 spiro atoms. The zero-order chi connectivity index (χ0) is 14.2. The van der Waals surface area contributed by atoms with E-state index in [1.54, 1.807) is 0 Å². The van der Waals surface area contributed by atoms with Crippen LogP contribution in [0.2, 0.25) is 0 Å². The van der Waals surface area contributed by atoms with Crippen molar-refractivity contribution in [3.05, 3.63) is 25.5 Å². The molecule has 1 aromatic rings. The zero-order valence-electron chi connectivity index (χ0n) is 9.80. The number of hydrogen-bond acceptors (Lipinski definition) is 2. The van der Waals surface area contributed by atoms with Crippen LogP contribution in [0.15, 0.2) is 10.5 Å². The molecule has 3 N–H and O–H groups in total. The Morgan fingerprint density at radius 1 is 1.47 bits per heavy atom. The van der Waals surface area contributed by atoms with Crippen molar-refractivity contribution in [2.75, 3.05) is 5.32 Å². The first-order valence-corrected chi connectivity index (χ1v) is 7.57. The van der Waals surface area contributed by atoms with Crippen molar-refractivity contribution in [1.29, 1.82) is 0 Å². The van der Waals surface area contributed by atoms with Gasteiger partial charge in [0.2, 0.25) is 5.91 Å². The molecule has 1 saturated carbocycles. The van der Waals surface area contributed by atoms with Crippen LogP contribution in [-0.4, -0.2) is 11.8 Å². The van der Waals surface area contributed by atoms with Crippen LogP contribution in [0.1, 0.15) is 29.6 Å². The fraction of sp³-hybridized carbons (Fsp3) is 0.333. The minimum Gasteiger partial charge on any atom is -0.366 e. The standard InChI is InChI=1S/C12H11BrFIN2O2/c13-8-7(15)4-6(11(16)18)10(9(8)14)17-12(19)5-2-1-3-5/h4-5H,1-3H2,(H2,16,18)(H,17,19). The molecule has 2 amide bonds. The molecule has 1 aliphatic rings. The summed E-state index contributed by atoms with van der Waals surface area (Å²) < 4.78 is 14.9. The lowest BCUT2D eigenvalue weighted by Gasteiger charge is -2.24. The lowest BCUT2D eigenvalue weighted by molar-refractivity contribution is -0.122. The van der Waals surface area contributed by atoms with E-state index >= 15 is 0 Å². The minimum absolute atomic E-state index is 0.0160. The van der Waals surface area contributed by atoms with E-state index in [1.807, 2.05) is 22.6 Å². The van der Waals surface area contributed by atoms with Crippen molar-refractivity contribution in [3.8, 4) is 0 Å². The maximum absolute atomic E-state index is 14.2. The first-order chi connectivity index (χ1) is 8.91. The highest BCUT2D eigenvalue weighted by Gasteiger charge is 2.28. The van der Waals surface area contributed by atoms with Crippen molar-refractivity contribution in [2.45, 2.75) is 19.3 Å². The monoisotopic (exact) mass is 440 g/mol. The van der Waals surface area contributed by atoms with Crippen molar-refractivity contribution in [2.24, 2.45) is 11.7 Å². The molecule has 102 valence electrons. The molecule has 0 saturated heterocycles. The molecule has 0 aromatic heterocycles. The molecule has 2 rings (SSSR count). The number of primary amides is 1. The zero-order valence-corrected chi connectivity index (χ0v) is 13.5. The van der Waals surface area contributed by atoms with Crippen LogP contribution in [0.4, 0.5) is 10.1 Å². The van der Waals surface area contributed by atoms with Crippen molar-refractivity contribution >= 4 is 56.0 Å². The second kappa shape index (κ2) is 5.74. The van der Waals surface area contributed by atoms with E-state index in [0.717, 1.165) is 19.3 Å². The largest absolute Gasteiger partial charge is 0.366 e. The van der Waals surface area contributed by atoms with Crippen molar-refractivity contribution in [3.63, 3.8) is 0 Å². The van der Waals surface area contributed by atoms with Gasteiger partial charge in [-0.25, -0.2) is 4.39 Å². The summed E-state index contributed by atoms with van der Waals surface area (Å²) in [6.45, 7) is 0. The molecule has 19 heavy (non-hydrogen) atoms. The summed E-state index contributed by atoms with van der Waals surface area (Å²) in [4.78, 5) is 23.2. The molecule has 1 fully saturated rings. The van der Waals surface area contributed by atoms with Crippen LogP contribution >= 0.6 is 38.5 Å². The summed E-state index contributed by atoms with van der Waals surface area (Å²) in [5, 5.41) is 2.48. The molecule has 1 aromatic carbocycles.